The number of benzene rings is 1. The summed E-state index contributed by atoms with van der Waals surface area (Å²) in [6, 6.07) is 11.4. The molecule has 0 aliphatic heterocycles. The van der Waals surface area contributed by atoms with Gasteiger partial charge in [-0.1, -0.05) is 51.1 Å². The average Bonchev–Trinajstić information content (AvgIpc) is 3.18. The van der Waals surface area contributed by atoms with Crippen molar-refractivity contribution in [1.29, 1.82) is 0 Å². The van der Waals surface area contributed by atoms with E-state index < -0.39 is 0 Å². The molecule has 1 atom stereocenters. The first-order chi connectivity index (χ1) is 10.1. The zero-order valence-electron chi connectivity index (χ0n) is 13.0. The average molecular weight is 285 g/mol. The van der Waals surface area contributed by atoms with E-state index in [1.807, 2.05) is 4.68 Å². The molecule has 0 unspecified atom stereocenters. The molecule has 112 valence electrons. The van der Waals surface area contributed by atoms with Gasteiger partial charge in [-0.05, 0) is 34.2 Å². The monoisotopic (exact) mass is 285 g/mol. The molecule has 1 N–H and O–H groups in total. The molecule has 1 fully saturated rings. The summed E-state index contributed by atoms with van der Waals surface area (Å²) in [4.78, 5) is 0. The topological polar surface area (TPSA) is 55.6 Å². The van der Waals surface area contributed by atoms with Crippen LogP contribution in [0.2, 0.25) is 0 Å². The van der Waals surface area contributed by atoms with Gasteiger partial charge in [0.25, 0.3) is 0 Å². The number of nitrogens with zero attached hydrogens (tertiary/aromatic N) is 4. The minimum absolute atomic E-state index is 0.124. The molecule has 1 aliphatic carbocycles. The van der Waals surface area contributed by atoms with Crippen molar-refractivity contribution in [3.63, 3.8) is 0 Å². The van der Waals surface area contributed by atoms with Gasteiger partial charge in [0.2, 0.25) is 0 Å². The first-order valence-corrected chi connectivity index (χ1v) is 7.61. The van der Waals surface area contributed by atoms with Crippen molar-refractivity contribution in [2.24, 2.45) is 5.41 Å². The van der Waals surface area contributed by atoms with E-state index in [0.29, 0.717) is 12.6 Å². The van der Waals surface area contributed by atoms with Gasteiger partial charge in [-0.15, -0.1) is 5.10 Å². The van der Waals surface area contributed by atoms with Crippen LogP contribution in [-0.4, -0.2) is 20.2 Å². The summed E-state index contributed by atoms with van der Waals surface area (Å²) >= 11 is 0. The van der Waals surface area contributed by atoms with E-state index in [-0.39, 0.29) is 11.5 Å². The van der Waals surface area contributed by atoms with Crippen molar-refractivity contribution < 1.29 is 0 Å². The van der Waals surface area contributed by atoms with Gasteiger partial charge in [0.05, 0.1) is 12.6 Å². The summed E-state index contributed by atoms with van der Waals surface area (Å²) in [5.74, 6) is 0.933. The molecule has 0 amide bonds. The number of nitrogens with one attached hydrogen (secondary N) is 1. The van der Waals surface area contributed by atoms with E-state index in [9.17, 15) is 0 Å². The van der Waals surface area contributed by atoms with Crippen LogP contribution in [0.5, 0.6) is 0 Å². The van der Waals surface area contributed by atoms with Crippen molar-refractivity contribution in [2.45, 2.75) is 52.2 Å². The van der Waals surface area contributed by atoms with Crippen LogP contribution in [0.1, 0.15) is 57.1 Å². The first kappa shape index (κ1) is 14.2. The van der Waals surface area contributed by atoms with Crippen molar-refractivity contribution in [2.75, 3.05) is 0 Å². The highest BCUT2D eigenvalue weighted by Gasteiger charge is 2.29. The van der Waals surface area contributed by atoms with Crippen LogP contribution in [-0.2, 0) is 6.54 Å². The molecule has 5 nitrogen and oxygen atoms in total. The summed E-state index contributed by atoms with van der Waals surface area (Å²) < 4.78 is 1.97. The van der Waals surface area contributed by atoms with E-state index in [2.05, 4.69) is 71.9 Å². The molecule has 1 heterocycles. The Morgan fingerprint density at radius 2 is 1.95 bits per heavy atom. The molecule has 2 aromatic rings. The lowest BCUT2D eigenvalue weighted by Gasteiger charge is -2.32. The Hall–Kier alpha value is -1.75. The predicted molar refractivity (Wildman–Crippen MR) is 81.6 cm³/mol. The highest BCUT2D eigenvalue weighted by molar-refractivity contribution is 5.20. The van der Waals surface area contributed by atoms with Gasteiger partial charge in [-0.25, -0.2) is 4.68 Å². The van der Waals surface area contributed by atoms with E-state index in [4.69, 9.17) is 0 Å². The third-order valence-corrected chi connectivity index (χ3v) is 3.92. The summed E-state index contributed by atoms with van der Waals surface area (Å²) in [5, 5.41) is 15.7. The standard InChI is InChI=1S/C16H23N5/c1-16(2,3)15(12-7-5-4-6-8-12)17-11-14-18-19-20-21(14)13-9-10-13/h4-8,13,15,17H,9-11H2,1-3H3/t15-/m0/s1. The predicted octanol–water partition coefficient (Wildman–Crippen LogP) is 2.89. The maximum Gasteiger partial charge on any atom is 0.165 e. The molecule has 21 heavy (non-hydrogen) atoms. The summed E-state index contributed by atoms with van der Waals surface area (Å²) in [7, 11) is 0. The molecule has 1 saturated carbocycles. The van der Waals surface area contributed by atoms with Gasteiger partial charge in [0, 0.05) is 6.04 Å². The fourth-order valence-electron chi connectivity index (χ4n) is 2.69. The Morgan fingerprint density at radius 1 is 1.24 bits per heavy atom. The molecule has 1 aliphatic rings. The molecule has 0 radical (unpaired) electrons. The number of tetrazole rings is 1. The smallest absolute Gasteiger partial charge is 0.165 e. The fourth-order valence-corrected chi connectivity index (χ4v) is 2.69. The van der Waals surface area contributed by atoms with E-state index in [1.54, 1.807) is 0 Å². The van der Waals surface area contributed by atoms with Gasteiger partial charge >= 0.3 is 0 Å². The second-order valence-electron chi connectivity index (χ2n) is 6.86. The number of hydrogen-bond donors (Lipinski definition) is 1. The highest BCUT2D eigenvalue weighted by Crippen LogP contribution is 2.35. The third-order valence-electron chi connectivity index (χ3n) is 3.92. The van der Waals surface area contributed by atoms with Gasteiger partial charge < -0.3 is 5.32 Å². The van der Waals surface area contributed by atoms with Crippen LogP contribution >= 0.6 is 0 Å². The zero-order chi connectivity index (χ0) is 14.9. The van der Waals surface area contributed by atoms with Gasteiger partial charge in [0.1, 0.15) is 0 Å². The van der Waals surface area contributed by atoms with Crippen LogP contribution in [0, 0.1) is 5.41 Å². The maximum absolute atomic E-state index is 4.16. The minimum Gasteiger partial charge on any atom is -0.302 e. The van der Waals surface area contributed by atoms with Crippen molar-refractivity contribution in [1.82, 2.24) is 25.5 Å². The SMILES string of the molecule is CC(C)(C)[C@@H](NCc1nnnn1C1CC1)c1ccccc1. The molecule has 0 saturated heterocycles. The Morgan fingerprint density at radius 3 is 2.57 bits per heavy atom. The lowest BCUT2D eigenvalue weighted by Crippen LogP contribution is -2.32. The van der Waals surface area contributed by atoms with E-state index in [1.165, 1.54) is 18.4 Å². The highest BCUT2D eigenvalue weighted by atomic mass is 15.6. The Labute approximate surface area is 125 Å². The minimum atomic E-state index is 0.124. The summed E-state index contributed by atoms with van der Waals surface area (Å²) in [5.41, 5.74) is 1.43. The van der Waals surface area contributed by atoms with Crippen LogP contribution in [0.25, 0.3) is 0 Å². The lowest BCUT2D eigenvalue weighted by molar-refractivity contribution is 0.267. The molecule has 3 rings (SSSR count). The third kappa shape index (κ3) is 3.29. The molecule has 0 spiro atoms. The van der Waals surface area contributed by atoms with Crippen molar-refractivity contribution in [3.8, 4) is 0 Å². The van der Waals surface area contributed by atoms with Crippen LogP contribution < -0.4 is 5.32 Å². The van der Waals surface area contributed by atoms with Crippen molar-refractivity contribution >= 4 is 0 Å². The van der Waals surface area contributed by atoms with E-state index in [0.717, 1.165) is 5.82 Å². The van der Waals surface area contributed by atoms with Crippen LogP contribution in [0.3, 0.4) is 0 Å². The molecule has 1 aromatic carbocycles. The molecular weight excluding hydrogens is 262 g/mol. The zero-order valence-corrected chi connectivity index (χ0v) is 13.0. The number of aromatic nitrogens is 4. The van der Waals surface area contributed by atoms with Crippen molar-refractivity contribution in [3.05, 3.63) is 41.7 Å². The molecular formula is C16H23N5. The maximum atomic E-state index is 4.16. The molecule has 1 aromatic heterocycles. The van der Waals surface area contributed by atoms with Crippen LogP contribution in [0.4, 0.5) is 0 Å². The number of hydrogen-bond acceptors (Lipinski definition) is 4. The summed E-state index contributed by atoms with van der Waals surface area (Å²) in [6.45, 7) is 7.45. The van der Waals surface area contributed by atoms with Gasteiger partial charge in [0.15, 0.2) is 5.82 Å². The first-order valence-electron chi connectivity index (χ1n) is 7.61. The Kier molecular flexibility index (Phi) is 3.76. The quantitative estimate of drug-likeness (QED) is 0.917. The van der Waals surface area contributed by atoms with E-state index >= 15 is 0 Å². The molecule has 0 bridgehead atoms. The Bertz CT molecular complexity index is 580. The normalized spacial score (nSPS) is 16.9. The largest absolute Gasteiger partial charge is 0.302 e. The summed E-state index contributed by atoms with van der Waals surface area (Å²) in [6.07, 6.45) is 2.39. The Balaban J connectivity index is 1.74. The second kappa shape index (κ2) is 5.56. The van der Waals surface area contributed by atoms with Gasteiger partial charge in [-0.3, -0.25) is 0 Å². The second-order valence-corrected chi connectivity index (χ2v) is 6.86. The fraction of sp³-hybridized carbons (Fsp3) is 0.562. The lowest BCUT2D eigenvalue weighted by atomic mass is 9.82. The van der Waals surface area contributed by atoms with Crippen LogP contribution in [0.15, 0.2) is 30.3 Å². The van der Waals surface area contributed by atoms with Gasteiger partial charge in [-0.2, -0.15) is 0 Å². The molecule has 5 heteroatoms. The number of rotatable bonds is 5.